The number of carbonyl (C=O) groups is 3. The summed E-state index contributed by atoms with van der Waals surface area (Å²) in [5.74, 6) is -3.16. The molecule has 0 aliphatic rings. The molecule has 0 radical (unpaired) electrons. The Morgan fingerprint density at radius 2 is 2.12 bits per heavy atom. The van der Waals surface area contributed by atoms with Gasteiger partial charge in [-0.05, 0) is 6.92 Å². The van der Waals surface area contributed by atoms with E-state index in [9.17, 15) is 14.4 Å². The Hall–Kier alpha value is -2.38. The Kier molecular flexibility index (Phi) is 3.81. The lowest BCUT2D eigenvalue weighted by molar-refractivity contribution is -0.145. The first-order chi connectivity index (χ1) is 7.90. The average molecular weight is 242 g/mol. The molecule has 0 fully saturated rings. The number of carboxylic acid groups (broad SMARTS) is 2. The molecule has 0 saturated heterocycles. The first-order valence-electron chi connectivity index (χ1n) is 4.59. The third kappa shape index (κ3) is 3.59. The van der Waals surface area contributed by atoms with E-state index in [0.29, 0.717) is 5.76 Å². The van der Waals surface area contributed by atoms with Crippen molar-refractivity contribution in [2.24, 2.45) is 0 Å². The first-order valence-corrected chi connectivity index (χ1v) is 4.59. The van der Waals surface area contributed by atoms with Crippen LogP contribution >= 0.6 is 0 Å². The van der Waals surface area contributed by atoms with Gasteiger partial charge in [0.25, 0.3) is 5.91 Å². The van der Waals surface area contributed by atoms with Crippen LogP contribution in [-0.4, -0.2) is 39.3 Å². The third-order valence-electron chi connectivity index (χ3n) is 1.84. The maximum Gasteiger partial charge on any atom is 0.326 e. The number of amides is 1. The van der Waals surface area contributed by atoms with E-state index in [1.54, 1.807) is 6.92 Å². The molecule has 1 heterocycles. The van der Waals surface area contributed by atoms with Gasteiger partial charge in [-0.2, -0.15) is 0 Å². The van der Waals surface area contributed by atoms with E-state index < -0.39 is 30.3 Å². The lowest BCUT2D eigenvalue weighted by Gasteiger charge is -2.10. The second-order valence-corrected chi connectivity index (χ2v) is 3.28. The molecule has 0 aliphatic carbocycles. The highest BCUT2D eigenvalue weighted by atomic mass is 16.5. The Balaban J connectivity index is 2.70. The molecule has 1 atom stereocenters. The zero-order valence-corrected chi connectivity index (χ0v) is 8.84. The smallest absolute Gasteiger partial charge is 0.326 e. The third-order valence-corrected chi connectivity index (χ3v) is 1.84. The molecule has 92 valence electrons. The Morgan fingerprint density at radius 1 is 1.47 bits per heavy atom. The molecule has 8 heteroatoms. The van der Waals surface area contributed by atoms with Gasteiger partial charge < -0.3 is 20.1 Å². The molecule has 0 saturated carbocycles. The summed E-state index contributed by atoms with van der Waals surface area (Å²) in [6, 6.07) is -0.188. The van der Waals surface area contributed by atoms with Crippen molar-refractivity contribution in [3.63, 3.8) is 0 Å². The summed E-state index contributed by atoms with van der Waals surface area (Å²) in [7, 11) is 0. The Bertz CT molecular complexity index is 452. The highest BCUT2D eigenvalue weighted by Crippen LogP contribution is 2.02. The second kappa shape index (κ2) is 5.10. The van der Waals surface area contributed by atoms with Crippen LogP contribution in [0.5, 0.6) is 0 Å². The Morgan fingerprint density at radius 3 is 2.53 bits per heavy atom. The number of aryl methyl sites for hydroxylation is 1. The van der Waals surface area contributed by atoms with Gasteiger partial charge in [-0.3, -0.25) is 9.59 Å². The van der Waals surface area contributed by atoms with E-state index in [0.717, 1.165) is 0 Å². The van der Waals surface area contributed by atoms with Gasteiger partial charge >= 0.3 is 11.9 Å². The molecule has 0 spiro atoms. The first kappa shape index (κ1) is 12.7. The van der Waals surface area contributed by atoms with Gasteiger partial charge in [0.2, 0.25) is 0 Å². The van der Waals surface area contributed by atoms with Crippen molar-refractivity contribution in [2.75, 3.05) is 0 Å². The van der Waals surface area contributed by atoms with Crippen LogP contribution in [0, 0.1) is 6.92 Å². The summed E-state index contributed by atoms with van der Waals surface area (Å²) >= 11 is 0. The van der Waals surface area contributed by atoms with Crippen molar-refractivity contribution in [1.29, 1.82) is 0 Å². The van der Waals surface area contributed by atoms with Crippen LogP contribution in [0.2, 0.25) is 0 Å². The average Bonchev–Trinajstić information content (AvgIpc) is 2.63. The normalized spacial score (nSPS) is 11.8. The molecule has 17 heavy (non-hydrogen) atoms. The van der Waals surface area contributed by atoms with Crippen LogP contribution in [0.25, 0.3) is 0 Å². The maximum atomic E-state index is 11.5. The van der Waals surface area contributed by atoms with Crippen molar-refractivity contribution < 1.29 is 29.1 Å². The largest absolute Gasteiger partial charge is 0.481 e. The van der Waals surface area contributed by atoms with Gasteiger partial charge in [0.1, 0.15) is 11.8 Å². The fraction of sp³-hybridized carbons (Fsp3) is 0.333. The molecular formula is C9H10N2O6. The summed E-state index contributed by atoms with van der Waals surface area (Å²) in [5.41, 5.74) is -0.0980. The summed E-state index contributed by atoms with van der Waals surface area (Å²) in [5, 5.41) is 22.6. The van der Waals surface area contributed by atoms with Gasteiger partial charge in [-0.1, -0.05) is 5.16 Å². The summed E-state index contributed by atoms with van der Waals surface area (Å²) in [6.45, 7) is 1.57. The van der Waals surface area contributed by atoms with Crippen LogP contribution < -0.4 is 5.32 Å². The number of nitrogens with zero attached hydrogens (tertiary/aromatic N) is 1. The summed E-state index contributed by atoms with van der Waals surface area (Å²) < 4.78 is 4.63. The molecule has 1 aromatic rings. The predicted molar refractivity (Wildman–Crippen MR) is 52.4 cm³/mol. The van der Waals surface area contributed by atoms with E-state index >= 15 is 0 Å². The molecule has 1 amide bonds. The number of hydrogen-bond donors (Lipinski definition) is 3. The highest BCUT2D eigenvalue weighted by molar-refractivity contribution is 5.95. The van der Waals surface area contributed by atoms with E-state index in [4.69, 9.17) is 10.2 Å². The predicted octanol–water partition coefficient (Wildman–Crippen LogP) is -0.359. The minimum atomic E-state index is -1.50. The molecule has 0 aromatic carbocycles. The quantitative estimate of drug-likeness (QED) is 0.642. The van der Waals surface area contributed by atoms with Gasteiger partial charge in [-0.25, -0.2) is 4.79 Å². The maximum absolute atomic E-state index is 11.5. The monoisotopic (exact) mass is 242 g/mol. The molecule has 3 N–H and O–H groups in total. The lowest BCUT2D eigenvalue weighted by atomic mass is 10.2. The van der Waals surface area contributed by atoms with Gasteiger partial charge in [-0.15, -0.1) is 0 Å². The minimum absolute atomic E-state index is 0.0980. The number of rotatable bonds is 5. The molecular weight excluding hydrogens is 232 g/mol. The second-order valence-electron chi connectivity index (χ2n) is 3.28. The molecule has 1 rings (SSSR count). The lowest BCUT2D eigenvalue weighted by Crippen LogP contribution is -2.42. The van der Waals surface area contributed by atoms with Gasteiger partial charge in [0.15, 0.2) is 5.69 Å². The van der Waals surface area contributed by atoms with Gasteiger partial charge in [0, 0.05) is 6.07 Å². The van der Waals surface area contributed by atoms with Crippen molar-refractivity contribution >= 4 is 17.8 Å². The zero-order chi connectivity index (χ0) is 13.0. The standard InChI is InChI=1S/C9H10N2O6/c1-4-2-5(11-17-4)8(14)10-6(9(15)16)3-7(12)13/h2,6H,3H2,1H3,(H,10,14)(H,12,13)(H,15,16)/t6-/m1/s1. The summed E-state index contributed by atoms with van der Waals surface area (Å²) in [4.78, 5) is 32.5. The molecule has 1 aromatic heterocycles. The van der Waals surface area contributed by atoms with Crippen LogP contribution in [0.4, 0.5) is 0 Å². The number of carboxylic acids is 2. The van der Waals surface area contributed by atoms with Crippen LogP contribution in [0.1, 0.15) is 22.7 Å². The van der Waals surface area contributed by atoms with Crippen molar-refractivity contribution in [3.8, 4) is 0 Å². The van der Waals surface area contributed by atoms with E-state index in [1.807, 2.05) is 5.32 Å². The Labute approximate surface area is 95.2 Å². The number of hydrogen-bond acceptors (Lipinski definition) is 5. The molecule has 0 bridgehead atoms. The van der Waals surface area contributed by atoms with E-state index in [-0.39, 0.29) is 5.69 Å². The highest BCUT2D eigenvalue weighted by Gasteiger charge is 2.24. The topological polar surface area (TPSA) is 130 Å². The fourth-order valence-electron chi connectivity index (χ4n) is 1.08. The van der Waals surface area contributed by atoms with Crippen molar-refractivity contribution in [3.05, 3.63) is 17.5 Å². The number of carbonyl (C=O) groups excluding carboxylic acids is 1. The molecule has 0 unspecified atom stereocenters. The number of aliphatic carboxylic acids is 2. The number of aromatic nitrogens is 1. The van der Waals surface area contributed by atoms with Crippen LogP contribution in [0.3, 0.4) is 0 Å². The fourth-order valence-corrected chi connectivity index (χ4v) is 1.08. The van der Waals surface area contributed by atoms with Crippen molar-refractivity contribution in [1.82, 2.24) is 10.5 Å². The zero-order valence-electron chi connectivity index (χ0n) is 8.84. The number of nitrogens with one attached hydrogen (secondary N) is 1. The molecule has 0 aliphatic heterocycles. The van der Waals surface area contributed by atoms with E-state index in [1.165, 1.54) is 6.07 Å². The van der Waals surface area contributed by atoms with Gasteiger partial charge in [0.05, 0.1) is 6.42 Å². The van der Waals surface area contributed by atoms with Crippen LogP contribution in [0.15, 0.2) is 10.6 Å². The van der Waals surface area contributed by atoms with Crippen LogP contribution in [-0.2, 0) is 9.59 Å². The minimum Gasteiger partial charge on any atom is -0.481 e. The van der Waals surface area contributed by atoms with E-state index in [2.05, 4.69) is 9.68 Å². The SMILES string of the molecule is Cc1cc(C(=O)N[C@H](CC(=O)O)C(=O)O)no1. The summed E-state index contributed by atoms with van der Waals surface area (Å²) in [6.07, 6.45) is -0.710. The van der Waals surface area contributed by atoms with Crippen molar-refractivity contribution in [2.45, 2.75) is 19.4 Å². The molecule has 8 nitrogen and oxygen atoms in total.